The number of hydrogen-bond acceptors (Lipinski definition) is 7. The van der Waals surface area contributed by atoms with Gasteiger partial charge in [0.1, 0.15) is 18.5 Å². The van der Waals surface area contributed by atoms with E-state index in [1.165, 1.54) is 12.1 Å². The molecular formula is C9H13NO8S2. The molecular weight excluding hydrogens is 314 g/mol. The summed E-state index contributed by atoms with van der Waals surface area (Å²) in [4.78, 5) is 0. The second-order valence-electron chi connectivity index (χ2n) is 3.58. The third-order valence-corrected chi connectivity index (χ3v) is 3.44. The van der Waals surface area contributed by atoms with Crippen molar-refractivity contribution in [2.75, 3.05) is 12.3 Å². The molecule has 5 N–H and O–H groups in total. The third kappa shape index (κ3) is 5.40. The fraction of sp³-hybridized carbons (Fsp3) is 0.333. The van der Waals surface area contributed by atoms with Gasteiger partial charge in [-0.1, -0.05) is 12.1 Å². The van der Waals surface area contributed by atoms with E-state index in [1.807, 2.05) is 0 Å². The molecule has 0 heterocycles. The number of rotatable bonds is 7. The lowest BCUT2D eigenvalue weighted by molar-refractivity contribution is 0.0399. The van der Waals surface area contributed by atoms with E-state index in [1.54, 1.807) is 12.1 Å². The Morgan fingerprint density at radius 1 is 1.35 bits per heavy atom. The van der Waals surface area contributed by atoms with Crippen LogP contribution in [0, 0.1) is 0 Å². The summed E-state index contributed by atoms with van der Waals surface area (Å²) in [5, 5.41) is 9.58. The molecule has 0 aliphatic carbocycles. The van der Waals surface area contributed by atoms with Crippen LogP contribution >= 0.6 is 0 Å². The van der Waals surface area contributed by atoms with Gasteiger partial charge in [0, 0.05) is 0 Å². The lowest BCUT2D eigenvalue weighted by atomic mass is 10.3. The molecule has 114 valence electrons. The first kappa shape index (κ1) is 16.8. The molecule has 0 aliphatic rings. The van der Waals surface area contributed by atoms with Crippen molar-refractivity contribution >= 4 is 27.2 Å². The molecule has 0 aromatic heterocycles. The SMILES string of the molecule is Nc1ccccc1OCC(O)C(OS(=O)(=O)O)S(=O)O. The Balaban J connectivity index is 2.70. The maximum Gasteiger partial charge on any atom is 0.398 e. The fourth-order valence-electron chi connectivity index (χ4n) is 1.22. The van der Waals surface area contributed by atoms with Crippen molar-refractivity contribution < 1.29 is 35.8 Å². The predicted molar refractivity (Wildman–Crippen MR) is 69.5 cm³/mol. The Morgan fingerprint density at radius 2 is 1.95 bits per heavy atom. The molecule has 11 heteroatoms. The molecule has 0 saturated heterocycles. The predicted octanol–water partition coefficient (Wildman–Crippen LogP) is -0.624. The zero-order chi connectivity index (χ0) is 15.3. The van der Waals surface area contributed by atoms with Crippen LogP contribution in [0.2, 0.25) is 0 Å². The van der Waals surface area contributed by atoms with Gasteiger partial charge in [-0.2, -0.15) is 8.42 Å². The van der Waals surface area contributed by atoms with E-state index >= 15 is 0 Å². The van der Waals surface area contributed by atoms with Crippen LogP contribution in [0.5, 0.6) is 5.75 Å². The number of nitrogen functional groups attached to an aromatic ring is 1. The highest BCUT2D eigenvalue weighted by Gasteiger charge is 2.31. The van der Waals surface area contributed by atoms with Crippen molar-refractivity contribution in [3.8, 4) is 5.75 Å². The summed E-state index contributed by atoms with van der Waals surface area (Å²) in [6, 6.07) is 6.26. The van der Waals surface area contributed by atoms with E-state index in [4.69, 9.17) is 19.6 Å². The fourth-order valence-corrected chi connectivity index (χ4v) is 2.50. The molecule has 0 saturated carbocycles. The molecule has 1 aromatic carbocycles. The van der Waals surface area contributed by atoms with Gasteiger partial charge in [-0.15, -0.1) is 0 Å². The number of aliphatic hydroxyl groups excluding tert-OH is 1. The number of para-hydroxylation sites is 2. The van der Waals surface area contributed by atoms with Crippen LogP contribution in [0.15, 0.2) is 24.3 Å². The highest BCUT2D eigenvalue weighted by molar-refractivity contribution is 7.83. The minimum Gasteiger partial charge on any atom is -0.489 e. The van der Waals surface area contributed by atoms with E-state index in [-0.39, 0.29) is 11.4 Å². The van der Waals surface area contributed by atoms with Gasteiger partial charge in [0.2, 0.25) is 5.44 Å². The van der Waals surface area contributed by atoms with Crippen LogP contribution in [-0.2, 0) is 25.7 Å². The second kappa shape index (κ2) is 6.97. The number of ether oxygens (including phenoxy) is 1. The first-order chi connectivity index (χ1) is 9.20. The maximum atomic E-state index is 10.9. The van der Waals surface area contributed by atoms with Crippen LogP contribution in [0.25, 0.3) is 0 Å². The second-order valence-corrected chi connectivity index (χ2v) is 5.65. The monoisotopic (exact) mass is 327 g/mol. The number of nitrogens with two attached hydrogens (primary N) is 1. The molecule has 0 fully saturated rings. The molecule has 0 spiro atoms. The number of anilines is 1. The van der Waals surface area contributed by atoms with E-state index in [0.29, 0.717) is 0 Å². The molecule has 0 bridgehead atoms. The Morgan fingerprint density at radius 3 is 2.45 bits per heavy atom. The summed E-state index contributed by atoms with van der Waals surface area (Å²) in [6.07, 6.45) is -1.79. The smallest absolute Gasteiger partial charge is 0.398 e. The van der Waals surface area contributed by atoms with Crippen LogP contribution in [0.4, 0.5) is 5.69 Å². The van der Waals surface area contributed by atoms with Crippen LogP contribution in [0.3, 0.4) is 0 Å². The van der Waals surface area contributed by atoms with Gasteiger partial charge >= 0.3 is 10.4 Å². The zero-order valence-corrected chi connectivity index (χ0v) is 11.6. The average Bonchev–Trinajstić information content (AvgIpc) is 2.33. The molecule has 0 radical (unpaired) electrons. The Kier molecular flexibility index (Phi) is 5.86. The summed E-state index contributed by atoms with van der Waals surface area (Å²) in [6.45, 7) is -0.569. The lowest BCUT2D eigenvalue weighted by Crippen LogP contribution is -2.38. The van der Waals surface area contributed by atoms with Gasteiger partial charge < -0.3 is 20.1 Å². The number of benzene rings is 1. The molecule has 1 aromatic rings. The van der Waals surface area contributed by atoms with Gasteiger partial charge in [-0.3, -0.25) is 4.55 Å². The molecule has 3 atom stereocenters. The summed E-state index contributed by atoms with van der Waals surface area (Å²) < 4.78 is 58.1. The summed E-state index contributed by atoms with van der Waals surface area (Å²) in [7, 11) is -5.00. The van der Waals surface area contributed by atoms with E-state index in [0.717, 1.165) is 0 Å². The van der Waals surface area contributed by atoms with Gasteiger partial charge in [-0.05, 0) is 12.1 Å². The molecule has 3 unspecified atom stereocenters. The van der Waals surface area contributed by atoms with Crippen molar-refractivity contribution in [3.05, 3.63) is 24.3 Å². The minimum atomic E-state index is -5.00. The van der Waals surface area contributed by atoms with Crippen LogP contribution in [0.1, 0.15) is 0 Å². The summed E-state index contributed by atoms with van der Waals surface area (Å²) >= 11 is -2.87. The molecule has 1 rings (SSSR count). The highest BCUT2D eigenvalue weighted by Crippen LogP contribution is 2.20. The van der Waals surface area contributed by atoms with Gasteiger partial charge in [-0.25, -0.2) is 8.39 Å². The largest absolute Gasteiger partial charge is 0.489 e. The third-order valence-electron chi connectivity index (χ3n) is 2.06. The number of hydrogen-bond donors (Lipinski definition) is 4. The maximum absolute atomic E-state index is 10.9. The Hall–Kier alpha value is -1.24. The van der Waals surface area contributed by atoms with E-state index in [9.17, 15) is 17.7 Å². The molecule has 20 heavy (non-hydrogen) atoms. The van der Waals surface area contributed by atoms with Gasteiger partial charge in [0.25, 0.3) is 0 Å². The first-order valence-corrected chi connectivity index (χ1v) is 7.65. The zero-order valence-electron chi connectivity index (χ0n) is 9.95. The van der Waals surface area contributed by atoms with Crippen molar-refractivity contribution in [2.24, 2.45) is 0 Å². The first-order valence-electron chi connectivity index (χ1n) is 5.11. The van der Waals surface area contributed by atoms with Crippen LogP contribution < -0.4 is 10.5 Å². The standard InChI is InChI=1S/C9H13NO8S2/c10-6-3-1-2-4-8(6)17-5-7(11)9(19(12)13)18-20(14,15)16/h1-4,7,9,11H,5,10H2,(H,12,13)(H,14,15,16). The molecule has 0 amide bonds. The quantitative estimate of drug-likeness (QED) is 0.291. The molecule has 9 nitrogen and oxygen atoms in total. The summed E-state index contributed by atoms with van der Waals surface area (Å²) in [5.41, 5.74) is 3.73. The van der Waals surface area contributed by atoms with Crippen LogP contribution in [-0.4, -0.2) is 45.0 Å². The normalized spacial score (nSPS) is 16.4. The van der Waals surface area contributed by atoms with Gasteiger partial charge in [0.15, 0.2) is 11.1 Å². The minimum absolute atomic E-state index is 0.195. The van der Waals surface area contributed by atoms with E-state index in [2.05, 4.69) is 4.18 Å². The Labute approximate surface area is 117 Å². The lowest BCUT2D eigenvalue weighted by Gasteiger charge is -2.19. The van der Waals surface area contributed by atoms with Crippen molar-refractivity contribution in [3.63, 3.8) is 0 Å². The van der Waals surface area contributed by atoms with Gasteiger partial charge in [0.05, 0.1) is 5.69 Å². The van der Waals surface area contributed by atoms with E-state index < -0.39 is 39.6 Å². The van der Waals surface area contributed by atoms with Crippen molar-refractivity contribution in [1.82, 2.24) is 0 Å². The Bertz CT molecular complexity index is 575. The highest BCUT2D eigenvalue weighted by atomic mass is 32.3. The average molecular weight is 327 g/mol. The van der Waals surface area contributed by atoms with Crippen molar-refractivity contribution in [2.45, 2.75) is 11.5 Å². The number of aliphatic hydroxyl groups is 1. The van der Waals surface area contributed by atoms with Crippen molar-refractivity contribution in [1.29, 1.82) is 0 Å². The topological polar surface area (TPSA) is 156 Å². The summed E-state index contributed by atoms with van der Waals surface area (Å²) in [5.74, 6) is 0.195. The molecule has 0 aliphatic heterocycles.